The number of rotatable bonds is 5. The van der Waals surface area contributed by atoms with E-state index in [1.165, 1.54) is 0 Å². The predicted octanol–water partition coefficient (Wildman–Crippen LogP) is 3.21. The molecular weight excluding hydrogens is 372 g/mol. The van der Waals surface area contributed by atoms with Crippen LogP contribution in [0.2, 0.25) is 0 Å². The molecule has 1 N–H and O–H groups in total. The summed E-state index contributed by atoms with van der Waals surface area (Å²) >= 11 is 0. The van der Waals surface area contributed by atoms with Gasteiger partial charge in [-0.1, -0.05) is 17.3 Å². The van der Waals surface area contributed by atoms with Crippen molar-refractivity contribution < 1.29 is 18.8 Å². The molecule has 29 heavy (non-hydrogen) atoms. The summed E-state index contributed by atoms with van der Waals surface area (Å²) in [5.41, 5.74) is 2.86. The minimum atomic E-state index is -0.440. The number of carbonyl (C=O) groups excluding carboxylic acids is 2. The lowest BCUT2D eigenvalue weighted by molar-refractivity contribution is 0.0527. The van der Waals surface area contributed by atoms with Crippen molar-refractivity contribution in [2.45, 2.75) is 33.7 Å². The number of anilines is 1. The van der Waals surface area contributed by atoms with Crippen LogP contribution in [-0.2, 0) is 11.3 Å². The fourth-order valence-electron chi connectivity index (χ4n) is 3.46. The summed E-state index contributed by atoms with van der Waals surface area (Å²) < 4.78 is 10.3. The molecule has 0 radical (unpaired) electrons. The second kappa shape index (κ2) is 9.56. The predicted molar refractivity (Wildman–Crippen MR) is 109 cm³/mol. The maximum atomic E-state index is 12.8. The Hall–Kier alpha value is -2.87. The molecule has 0 spiro atoms. The third-order valence-corrected chi connectivity index (χ3v) is 5.10. The fraction of sp³-hybridized carbons (Fsp3) is 0.476. The number of para-hydroxylation sites is 1. The summed E-state index contributed by atoms with van der Waals surface area (Å²) in [6, 6.07) is 6.69. The average Bonchev–Trinajstić information content (AvgIpc) is 2.90. The van der Waals surface area contributed by atoms with E-state index >= 15 is 0 Å². The molecule has 2 aromatic rings. The first-order valence-corrected chi connectivity index (χ1v) is 9.95. The van der Waals surface area contributed by atoms with Crippen LogP contribution in [0.1, 0.15) is 40.7 Å². The van der Waals surface area contributed by atoms with E-state index in [0.717, 1.165) is 43.1 Å². The Morgan fingerprint density at radius 3 is 2.69 bits per heavy atom. The molecule has 8 nitrogen and oxygen atoms in total. The summed E-state index contributed by atoms with van der Waals surface area (Å²) in [6.07, 6.45) is 0.871. The van der Waals surface area contributed by atoms with Gasteiger partial charge in [0.15, 0.2) is 0 Å². The summed E-state index contributed by atoms with van der Waals surface area (Å²) in [5, 5.41) is 6.89. The zero-order valence-electron chi connectivity index (χ0n) is 17.2. The highest BCUT2D eigenvalue weighted by atomic mass is 16.5. The standard InChI is InChI=1S/C21H28N4O4/c1-4-28-20(26)17-8-5-6-9-19(17)22-21(27)25-11-7-10-24(12-13-25)14-18-15(2)23-29-16(18)3/h5-6,8-9H,4,7,10-14H2,1-3H3,(H,22,27). The molecule has 156 valence electrons. The quantitative estimate of drug-likeness (QED) is 0.776. The average molecular weight is 400 g/mol. The summed E-state index contributed by atoms with van der Waals surface area (Å²) in [4.78, 5) is 29.0. The van der Waals surface area contributed by atoms with Crippen molar-refractivity contribution in [2.75, 3.05) is 38.1 Å². The Morgan fingerprint density at radius 1 is 1.17 bits per heavy atom. The molecule has 1 aromatic carbocycles. The van der Waals surface area contributed by atoms with E-state index in [-0.39, 0.29) is 12.6 Å². The van der Waals surface area contributed by atoms with Crippen LogP contribution in [0.15, 0.2) is 28.8 Å². The molecule has 1 fully saturated rings. The van der Waals surface area contributed by atoms with Crippen LogP contribution in [0, 0.1) is 13.8 Å². The molecule has 0 atom stereocenters. The Bertz CT molecular complexity index is 845. The molecule has 1 aliphatic rings. The van der Waals surface area contributed by atoms with Gasteiger partial charge in [-0.25, -0.2) is 9.59 Å². The van der Waals surface area contributed by atoms with Gasteiger partial charge in [-0.05, 0) is 39.3 Å². The van der Waals surface area contributed by atoms with Crippen molar-refractivity contribution in [3.8, 4) is 0 Å². The molecule has 8 heteroatoms. The van der Waals surface area contributed by atoms with Crippen LogP contribution in [0.5, 0.6) is 0 Å². The van der Waals surface area contributed by atoms with Gasteiger partial charge >= 0.3 is 12.0 Å². The molecule has 2 heterocycles. The van der Waals surface area contributed by atoms with Crippen molar-refractivity contribution in [1.29, 1.82) is 0 Å². The van der Waals surface area contributed by atoms with Crippen LogP contribution >= 0.6 is 0 Å². The highest BCUT2D eigenvalue weighted by molar-refractivity contribution is 6.00. The number of nitrogens with one attached hydrogen (secondary N) is 1. The summed E-state index contributed by atoms with van der Waals surface area (Å²) in [6.45, 7) is 9.60. The van der Waals surface area contributed by atoms with E-state index in [1.807, 2.05) is 13.8 Å². The number of aromatic nitrogens is 1. The zero-order chi connectivity index (χ0) is 20.8. The summed E-state index contributed by atoms with van der Waals surface area (Å²) in [5.74, 6) is 0.404. The molecule has 0 bridgehead atoms. The topological polar surface area (TPSA) is 87.9 Å². The van der Waals surface area contributed by atoms with Crippen molar-refractivity contribution in [1.82, 2.24) is 15.0 Å². The monoisotopic (exact) mass is 400 g/mol. The molecule has 0 unspecified atom stereocenters. The van der Waals surface area contributed by atoms with Gasteiger partial charge in [0.05, 0.1) is 23.6 Å². The van der Waals surface area contributed by atoms with Gasteiger partial charge in [-0.15, -0.1) is 0 Å². The maximum Gasteiger partial charge on any atom is 0.340 e. The minimum Gasteiger partial charge on any atom is -0.462 e. The number of benzene rings is 1. The van der Waals surface area contributed by atoms with Crippen molar-refractivity contribution in [2.24, 2.45) is 0 Å². The van der Waals surface area contributed by atoms with Gasteiger partial charge in [-0.3, -0.25) is 4.90 Å². The lowest BCUT2D eigenvalue weighted by Crippen LogP contribution is -2.38. The lowest BCUT2D eigenvalue weighted by Gasteiger charge is -2.22. The smallest absolute Gasteiger partial charge is 0.340 e. The number of aryl methyl sites for hydroxylation is 2. The number of hydrogen-bond donors (Lipinski definition) is 1. The van der Waals surface area contributed by atoms with Crippen LogP contribution in [0.4, 0.5) is 10.5 Å². The van der Waals surface area contributed by atoms with E-state index in [1.54, 1.807) is 36.1 Å². The fourth-order valence-corrected chi connectivity index (χ4v) is 3.46. The normalized spacial score (nSPS) is 15.1. The number of nitrogens with zero attached hydrogens (tertiary/aromatic N) is 3. The SMILES string of the molecule is CCOC(=O)c1ccccc1NC(=O)N1CCCN(Cc2c(C)noc2C)CC1. The molecule has 1 saturated heterocycles. The molecule has 0 saturated carbocycles. The third kappa shape index (κ3) is 5.14. The number of urea groups is 1. The first kappa shape index (κ1) is 20.9. The molecule has 3 rings (SSSR count). The van der Waals surface area contributed by atoms with Gasteiger partial charge in [0.1, 0.15) is 5.76 Å². The summed E-state index contributed by atoms with van der Waals surface area (Å²) in [7, 11) is 0. The zero-order valence-corrected chi connectivity index (χ0v) is 17.2. The van der Waals surface area contributed by atoms with E-state index in [4.69, 9.17) is 9.26 Å². The highest BCUT2D eigenvalue weighted by Crippen LogP contribution is 2.19. The Kier molecular flexibility index (Phi) is 6.87. The molecule has 1 aliphatic heterocycles. The first-order chi connectivity index (χ1) is 14.0. The van der Waals surface area contributed by atoms with E-state index in [2.05, 4.69) is 15.4 Å². The molecule has 2 amide bonds. The maximum absolute atomic E-state index is 12.8. The van der Waals surface area contributed by atoms with E-state index in [0.29, 0.717) is 24.3 Å². The van der Waals surface area contributed by atoms with Crippen LogP contribution in [0.25, 0.3) is 0 Å². The van der Waals surface area contributed by atoms with Crippen LogP contribution < -0.4 is 5.32 Å². The number of ether oxygens (including phenoxy) is 1. The number of esters is 1. The lowest BCUT2D eigenvalue weighted by atomic mass is 10.2. The highest BCUT2D eigenvalue weighted by Gasteiger charge is 2.22. The Balaban J connectivity index is 1.61. The molecular formula is C21H28N4O4. The van der Waals surface area contributed by atoms with Gasteiger partial charge < -0.3 is 19.5 Å². The number of carbonyl (C=O) groups is 2. The Labute approximate surface area is 170 Å². The third-order valence-electron chi connectivity index (χ3n) is 5.10. The molecule has 0 aliphatic carbocycles. The second-order valence-corrected chi connectivity index (χ2v) is 7.12. The van der Waals surface area contributed by atoms with Crippen LogP contribution in [-0.4, -0.2) is 59.7 Å². The number of amides is 2. The largest absolute Gasteiger partial charge is 0.462 e. The van der Waals surface area contributed by atoms with Crippen molar-refractivity contribution in [3.63, 3.8) is 0 Å². The van der Waals surface area contributed by atoms with E-state index in [9.17, 15) is 9.59 Å². The van der Waals surface area contributed by atoms with E-state index < -0.39 is 5.97 Å². The van der Waals surface area contributed by atoms with Gasteiger partial charge in [0, 0.05) is 38.3 Å². The van der Waals surface area contributed by atoms with Crippen molar-refractivity contribution >= 4 is 17.7 Å². The second-order valence-electron chi connectivity index (χ2n) is 7.12. The van der Waals surface area contributed by atoms with Crippen LogP contribution in [0.3, 0.4) is 0 Å². The van der Waals surface area contributed by atoms with Gasteiger partial charge in [0.2, 0.25) is 0 Å². The molecule has 1 aromatic heterocycles. The number of hydrogen-bond acceptors (Lipinski definition) is 6. The van der Waals surface area contributed by atoms with Crippen molar-refractivity contribution in [3.05, 3.63) is 46.8 Å². The minimum absolute atomic E-state index is 0.207. The van der Waals surface area contributed by atoms with Gasteiger partial charge in [0.25, 0.3) is 0 Å². The van der Waals surface area contributed by atoms with Gasteiger partial charge in [-0.2, -0.15) is 0 Å². The first-order valence-electron chi connectivity index (χ1n) is 9.95. The Morgan fingerprint density at radius 2 is 1.97 bits per heavy atom.